The average molecular weight is 216 g/mol. The van der Waals surface area contributed by atoms with E-state index in [4.69, 9.17) is 6.57 Å². The highest BCUT2D eigenvalue weighted by Gasteiger charge is 2.52. The fourth-order valence-corrected chi connectivity index (χ4v) is 2.82. The number of benzene rings is 1. The molecule has 1 saturated heterocycles. The number of halogens is 1. The second-order valence-corrected chi connectivity index (χ2v) is 4.99. The van der Waals surface area contributed by atoms with Crippen molar-refractivity contribution in [3.8, 4) is 0 Å². The predicted molar refractivity (Wildman–Crippen MR) is 61.5 cm³/mol. The first-order chi connectivity index (χ1) is 7.71. The third kappa shape index (κ3) is 1.37. The summed E-state index contributed by atoms with van der Waals surface area (Å²) in [5, 5.41) is 0. The van der Waals surface area contributed by atoms with Crippen molar-refractivity contribution in [3.63, 3.8) is 0 Å². The minimum Gasteiger partial charge on any atom is -0.370 e. The predicted octanol–water partition coefficient (Wildman–Crippen LogP) is 3.18. The molecule has 2 aliphatic rings. The van der Waals surface area contributed by atoms with Crippen LogP contribution in [0.1, 0.15) is 12.8 Å². The van der Waals surface area contributed by atoms with E-state index in [1.807, 2.05) is 24.3 Å². The van der Waals surface area contributed by atoms with Crippen molar-refractivity contribution < 1.29 is 4.39 Å². The molecule has 3 heteroatoms. The van der Waals surface area contributed by atoms with Gasteiger partial charge in [-0.1, -0.05) is 12.1 Å². The summed E-state index contributed by atoms with van der Waals surface area (Å²) in [4.78, 5) is 5.63. The molecule has 0 radical (unpaired) electrons. The van der Waals surface area contributed by atoms with Crippen molar-refractivity contribution in [2.45, 2.75) is 19.0 Å². The Morgan fingerprint density at radius 2 is 1.88 bits per heavy atom. The van der Waals surface area contributed by atoms with Crippen LogP contribution >= 0.6 is 0 Å². The van der Waals surface area contributed by atoms with Gasteiger partial charge in [-0.15, -0.1) is 0 Å². The highest BCUT2D eigenvalue weighted by Crippen LogP contribution is 2.50. The SMILES string of the molecule is [C-]#[N+]c1ccc(N2CC3(CC(F)C3)C2)cc1. The van der Waals surface area contributed by atoms with Crippen LogP contribution in [0, 0.1) is 12.0 Å². The maximum Gasteiger partial charge on any atom is 0.187 e. The van der Waals surface area contributed by atoms with Crippen molar-refractivity contribution in [2.24, 2.45) is 5.41 Å². The first-order valence-corrected chi connectivity index (χ1v) is 5.57. The normalized spacial score (nSPS) is 22.4. The zero-order valence-electron chi connectivity index (χ0n) is 8.99. The molecule has 1 saturated carbocycles. The molecule has 2 nitrogen and oxygen atoms in total. The van der Waals surface area contributed by atoms with Gasteiger partial charge < -0.3 is 4.90 Å². The number of alkyl halides is 1. The Morgan fingerprint density at radius 3 is 2.38 bits per heavy atom. The molecule has 1 aliphatic heterocycles. The summed E-state index contributed by atoms with van der Waals surface area (Å²) in [6, 6.07) is 7.63. The van der Waals surface area contributed by atoms with Crippen molar-refractivity contribution in [1.29, 1.82) is 0 Å². The molecule has 1 spiro atoms. The molecule has 0 N–H and O–H groups in total. The standard InChI is InChI=1S/C13H13FN2/c1-15-11-2-4-12(5-3-11)16-8-13(9-16)6-10(14)7-13/h2-5,10H,6-9H2. The smallest absolute Gasteiger partial charge is 0.187 e. The largest absolute Gasteiger partial charge is 0.370 e. The van der Waals surface area contributed by atoms with Crippen LogP contribution in [0.2, 0.25) is 0 Å². The van der Waals surface area contributed by atoms with Crippen LogP contribution in [0.25, 0.3) is 4.85 Å². The lowest BCUT2D eigenvalue weighted by Crippen LogP contribution is -2.63. The molecule has 0 amide bonds. The number of hydrogen-bond acceptors (Lipinski definition) is 1. The fourth-order valence-electron chi connectivity index (χ4n) is 2.82. The highest BCUT2D eigenvalue weighted by molar-refractivity contribution is 5.57. The van der Waals surface area contributed by atoms with E-state index < -0.39 is 6.17 Å². The molecule has 1 aromatic rings. The van der Waals surface area contributed by atoms with E-state index in [-0.39, 0.29) is 5.41 Å². The van der Waals surface area contributed by atoms with Gasteiger partial charge in [0.15, 0.2) is 5.69 Å². The molecule has 1 heterocycles. The molecular weight excluding hydrogens is 203 g/mol. The van der Waals surface area contributed by atoms with Crippen LogP contribution in [0.15, 0.2) is 24.3 Å². The Balaban J connectivity index is 1.66. The summed E-state index contributed by atoms with van der Waals surface area (Å²) >= 11 is 0. The van der Waals surface area contributed by atoms with Crippen LogP contribution in [-0.4, -0.2) is 19.3 Å². The molecule has 0 bridgehead atoms. The summed E-state index contributed by atoms with van der Waals surface area (Å²) in [6.07, 6.45) is 0.916. The maximum atomic E-state index is 12.8. The number of hydrogen-bond donors (Lipinski definition) is 0. The first-order valence-electron chi connectivity index (χ1n) is 5.57. The fraction of sp³-hybridized carbons (Fsp3) is 0.462. The Kier molecular flexibility index (Phi) is 1.94. The lowest BCUT2D eigenvalue weighted by molar-refractivity contribution is 0.000862. The molecule has 0 aromatic heterocycles. The first kappa shape index (κ1) is 9.65. The van der Waals surface area contributed by atoms with Gasteiger partial charge in [0, 0.05) is 24.2 Å². The molecular formula is C13H13FN2. The van der Waals surface area contributed by atoms with E-state index in [2.05, 4.69) is 9.74 Å². The van der Waals surface area contributed by atoms with Crippen molar-refractivity contribution in [3.05, 3.63) is 35.7 Å². The Labute approximate surface area is 94.5 Å². The lowest BCUT2D eigenvalue weighted by atomic mass is 9.62. The second-order valence-electron chi connectivity index (χ2n) is 4.99. The maximum absolute atomic E-state index is 12.8. The van der Waals surface area contributed by atoms with Crippen LogP contribution in [0.4, 0.5) is 15.8 Å². The summed E-state index contributed by atoms with van der Waals surface area (Å²) in [5.74, 6) is 0. The van der Waals surface area contributed by atoms with E-state index in [0.29, 0.717) is 5.69 Å². The molecule has 3 rings (SSSR count). The third-order valence-electron chi connectivity index (χ3n) is 3.71. The Bertz CT molecular complexity index is 432. The average Bonchev–Trinajstić information content (AvgIpc) is 2.22. The highest BCUT2D eigenvalue weighted by atomic mass is 19.1. The zero-order chi connectivity index (χ0) is 11.2. The molecule has 2 fully saturated rings. The van der Waals surface area contributed by atoms with E-state index in [1.165, 1.54) is 0 Å². The summed E-state index contributed by atoms with van der Waals surface area (Å²) in [5.41, 5.74) is 2.10. The topological polar surface area (TPSA) is 7.60 Å². The van der Waals surface area contributed by atoms with Crippen molar-refractivity contribution >= 4 is 11.4 Å². The van der Waals surface area contributed by atoms with Crippen molar-refractivity contribution in [2.75, 3.05) is 18.0 Å². The van der Waals surface area contributed by atoms with Gasteiger partial charge >= 0.3 is 0 Å². The molecule has 1 aliphatic carbocycles. The summed E-state index contributed by atoms with van der Waals surface area (Å²) in [6.45, 7) is 8.83. The molecule has 0 atom stereocenters. The number of anilines is 1. The molecule has 82 valence electrons. The molecule has 0 unspecified atom stereocenters. The lowest BCUT2D eigenvalue weighted by Gasteiger charge is -2.58. The van der Waals surface area contributed by atoms with Gasteiger partial charge in [-0.3, -0.25) is 0 Å². The van der Waals surface area contributed by atoms with Gasteiger partial charge in [-0.05, 0) is 25.0 Å². The Morgan fingerprint density at radius 1 is 1.25 bits per heavy atom. The number of nitrogens with zero attached hydrogens (tertiary/aromatic N) is 2. The van der Waals surface area contributed by atoms with Crippen LogP contribution in [-0.2, 0) is 0 Å². The van der Waals surface area contributed by atoms with E-state index in [0.717, 1.165) is 31.6 Å². The van der Waals surface area contributed by atoms with Crippen molar-refractivity contribution in [1.82, 2.24) is 0 Å². The second kappa shape index (κ2) is 3.21. The minimum absolute atomic E-state index is 0.276. The van der Waals surface area contributed by atoms with Gasteiger partial charge in [-0.25, -0.2) is 9.24 Å². The van der Waals surface area contributed by atoms with E-state index in [9.17, 15) is 4.39 Å². The van der Waals surface area contributed by atoms with Crippen LogP contribution in [0.3, 0.4) is 0 Å². The molecule has 16 heavy (non-hydrogen) atoms. The van der Waals surface area contributed by atoms with Gasteiger partial charge in [-0.2, -0.15) is 0 Å². The van der Waals surface area contributed by atoms with Crippen LogP contribution < -0.4 is 4.90 Å². The number of rotatable bonds is 1. The van der Waals surface area contributed by atoms with Gasteiger partial charge in [0.2, 0.25) is 0 Å². The van der Waals surface area contributed by atoms with Crippen LogP contribution in [0.5, 0.6) is 0 Å². The third-order valence-corrected chi connectivity index (χ3v) is 3.71. The van der Waals surface area contributed by atoms with Gasteiger partial charge in [0.25, 0.3) is 0 Å². The van der Waals surface area contributed by atoms with Gasteiger partial charge in [0.1, 0.15) is 6.17 Å². The minimum atomic E-state index is -0.563. The molecule has 1 aromatic carbocycles. The van der Waals surface area contributed by atoms with E-state index in [1.54, 1.807) is 0 Å². The quantitative estimate of drug-likeness (QED) is 0.654. The summed E-state index contributed by atoms with van der Waals surface area (Å²) in [7, 11) is 0. The summed E-state index contributed by atoms with van der Waals surface area (Å²) < 4.78 is 12.8. The zero-order valence-corrected chi connectivity index (χ0v) is 8.99. The van der Waals surface area contributed by atoms with E-state index >= 15 is 0 Å². The van der Waals surface area contributed by atoms with Gasteiger partial charge in [0.05, 0.1) is 6.57 Å². The Hall–Kier alpha value is -1.56. The monoisotopic (exact) mass is 216 g/mol.